The molecule has 0 heterocycles. The van der Waals surface area contributed by atoms with Crippen LogP contribution in [0.5, 0.6) is 0 Å². The molecule has 3 atom stereocenters. The van der Waals surface area contributed by atoms with E-state index in [4.69, 9.17) is 4.74 Å². The maximum atomic E-state index is 11.7. The smallest absolute Gasteiger partial charge is 0.330 e. The Balaban J connectivity index is 2.28. The quantitative estimate of drug-likeness (QED) is 0.454. The predicted octanol–water partition coefficient (Wildman–Crippen LogP) is 3.56. The third kappa shape index (κ3) is 2.96. The van der Waals surface area contributed by atoms with E-state index in [0.717, 1.165) is 37.7 Å². The Kier molecular flexibility index (Phi) is 4.78. The molecule has 0 radical (unpaired) electrons. The summed E-state index contributed by atoms with van der Waals surface area (Å²) in [5.41, 5.74) is 0.372. The number of allylic oxidation sites excluding steroid dienone is 1. The third-order valence-electron chi connectivity index (χ3n) is 5.39. The van der Waals surface area contributed by atoms with Crippen LogP contribution in [-0.2, 0) is 19.1 Å². The summed E-state index contributed by atoms with van der Waals surface area (Å²) in [6.45, 7) is 7.89. The minimum Gasteiger partial charge on any atom is -0.466 e. The summed E-state index contributed by atoms with van der Waals surface area (Å²) in [7, 11) is 1.37. The van der Waals surface area contributed by atoms with Crippen LogP contribution >= 0.6 is 0 Å². The minimum atomic E-state index is -0.597. The van der Waals surface area contributed by atoms with E-state index in [1.165, 1.54) is 20.1 Å². The Morgan fingerprint density at radius 3 is 2.73 bits per heavy atom. The number of hydrogen-bond acceptors (Lipinski definition) is 4. The first-order valence-corrected chi connectivity index (χ1v) is 7.97. The largest absolute Gasteiger partial charge is 0.466 e. The SMILES string of the molecule is C=C1CCC[C@]2(C)CC[C@@H](/C=C/C(=O)OC)C[C@]12OC(C)=O. The molecule has 4 heteroatoms. The van der Waals surface area contributed by atoms with E-state index in [-0.39, 0.29) is 23.3 Å². The van der Waals surface area contributed by atoms with Crippen molar-refractivity contribution >= 4 is 11.9 Å². The van der Waals surface area contributed by atoms with Crippen molar-refractivity contribution < 1.29 is 19.1 Å². The number of hydrogen-bond donors (Lipinski definition) is 0. The zero-order valence-electron chi connectivity index (χ0n) is 13.8. The average molecular weight is 306 g/mol. The first-order chi connectivity index (χ1) is 10.3. The molecule has 0 bridgehead atoms. The number of carbonyl (C=O) groups excluding carboxylic acids is 2. The van der Waals surface area contributed by atoms with Crippen molar-refractivity contribution in [2.75, 3.05) is 7.11 Å². The summed E-state index contributed by atoms with van der Waals surface area (Å²) in [6, 6.07) is 0. The van der Waals surface area contributed by atoms with Crippen LogP contribution in [0.1, 0.15) is 52.4 Å². The second-order valence-corrected chi connectivity index (χ2v) is 6.82. The number of rotatable bonds is 3. The lowest BCUT2D eigenvalue weighted by molar-refractivity contribution is -0.180. The number of ether oxygens (including phenoxy) is 2. The number of fused-ring (bicyclic) bond motifs is 1. The zero-order valence-corrected chi connectivity index (χ0v) is 13.8. The van der Waals surface area contributed by atoms with E-state index in [0.29, 0.717) is 6.42 Å². The van der Waals surface area contributed by atoms with Crippen molar-refractivity contribution in [3.63, 3.8) is 0 Å². The molecule has 0 aliphatic heterocycles. The second kappa shape index (κ2) is 6.27. The van der Waals surface area contributed by atoms with Gasteiger partial charge in [0.25, 0.3) is 0 Å². The minimum absolute atomic E-state index is 0.0520. The molecule has 0 saturated heterocycles. The molecule has 2 rings (SSSR count). The van der Waals surface area contributed by atoms with Gasteiger partial charge in [0.15, 0.2) is 0 Å². The normalized spacial score (nSPS) is 35.0. The Labute approximate surface area is 132 Å². The summed E-state index contributed by atoms with van der Waals surface area (Å²) >= 11 is 0. The summed E-state index contributed by atoms with van der Waals surface area (Å²) < 4.78 is 10.5. The van der Waals surface area contributed by atoms with E-state index in [9.17, 15) is 9.59 Å². The van der Waals surface area contributed by atoms with Gasteiger partial charge in [-0.2, -0.15) is 0 Å². The van der Waals surface area contributed by atoms with Crippen LogP contribution in [0.3, 0.4) is 0 Å². The first kappa shape index (κ1) is 16.8. The molecular weight excluding hydrogens is 280 g/mol. The van der Waals surface area contributed by atoms with Crippen LogP contribution in [0, 0.1) is 11.3 Å². The van der Waals surface area contributed by atoms with Gasteiger partial charge in [-0.3, -0.25) is 4.79 Å². The highest BCUT2D eigenvalue weighted by Crippen LogP contribution is 2.58. The van der Waals surface area contributed by atoms with Crippen molar-refractivity contribution in [2.24, 2.45) is 11.3 Å². The first-order valence-electron chi connectivity index (χ1n) is 7.97. The van der Waals surface area contributed by atoms with Crippen LogP contribution in [0.25, 0.3) is 0 Å². The van der Waals surface area contributed by atoms with E-state index < -0.39 is 5.60 Å². The molecule has 0 spiro atoms. The molecule has 2 aliphatic carbocycles. The van der Waals surface area contributed by atoms with Gasteiger partial charge in [0.1, 0.15) is 5.60 Å². The van der Waals surface area contributed by atoms with Crippen molar-refractivity contribution in [3.05, 3.63) is 24.3 Å². The Hall–Kier alpha value is -1.58. The molecule has 0 N–H and O–H groups in total. The Morgan fingerprint density at radius 2 is 2.09 bits per heavy atom. The van der Waals surface area contributed by atoms with Gasteiger partial charge in [0, 0.05) is 18.4 Å². The van der Waals surface area contributed by atoms with E-state index in [1.807, 2.05) is 6.08 Å². The van der Waals surface area contributed by atoms with Gasteiger partial charge in [0.2, 0.25) is 0 Å². The summed E-state index contributed by atoms with van der Waals surface area (Å²) in [5.74, 6) is -0.411. The predicted molar refractivity (Wildman–Crippen MR) is 84.1 cm³/mol. The van der Waals surface area contributed by atoms with Gasteiger partial charge in [-0.1, -0.05) is 19.6 Å². The average Bonchev–Trinajstić information content (AvgIpc) is 2.46. The van der Waals surface area contributed by atoms with E-state index >= 15 is 0 Å². The zero-order chi connectivity index (χ0) is 16.4. The van der Waals surface area contributed by atoms with Crippen LogP contribution in [-0.4, -0.2) is 24.6 Å². The van der Waals surface area contributed by atoms with Crippen LogP contribution in [0.2, 0.25) is 0 Å². The fourth-order valence-corrected chi connectivity index (χ4v) is 4.14. The maximum Gasteiger partial charge on any atom is 0.330 e. The summed E-state index contributed by atoms with van der Waals surface area (Å²) in [4.78, 5) is 23.0. The van der Waals surface area contributed by atoms with E-state index in [2.05, 4.69) is 18.2 Å². The molecule has 4 nitrogen and oxygen atoms in total. The molecule has 0 aromatic carbocycles. The topological polar surface area (TPSA) is 52.6 Å². The van der Waals surface area contributed by atoms with Crippen LogP contribution < -0.4 is 0 Å². The summed E-state index contributed by atoms with van der Waals surface area (Å²) in [6.07, 6.45) is 9.06. The van der Waals surface area contributed by atoms with Crippen molar-refractivity contribution in [2.45, 2.75) is 58.0 Å². The van der Waals surface area contributed by atoms with Gasteiger partial charge in [0.05, 0.1) is 7.11 Å². The van der Waals surface area contributed by atoms with Crippen molar-refractivity contribution in [1.29, 1.82) is 0 Å². The second-order valence-electron chi connectivity index (χ2n) is 6.82. The molecule has 22 heavy (non-hydrogen) atoms. The Bertz CT molecular complexity index is 507. The van der Waals surface area contributed by atoms with Gasteiger partial charge >= 0.3 is 11.9 Å². The molecule has 0 aromatic rings. The summed E-state index contributed by atoms with van der Waals surface area (Å²) in [5, 5.41) is 0. The highest BCUT2D eigenvalue weighted by molar-refractivity contribution is 5.81. The van der Waals surface area contributed by atoms with Crippen LogP contribution in [0.15, 0.2) is 24.3 Å². The molecule has 2 fully saturated rings. The van der Waals surface area contributed by atoms with Gasteiger partial charge in [-0.15, -0.1) is 0 Å². The molecule has 2 aliphatic rings. The molecule has 0 amide bonds. The third-order valence-corrected chi connectivity index (χ3v) is 5.39. The van der Waals surface area contributed by atoms with Crippen LogP contribution in [0.4, 0.5) is 0 Å². The lowest BCUT2D eigenvalue weighted by Crippen LogP contribution is -2.56. The fourth-order valence-electron chi connectivity index (χ4n) is 4.14. The molecule has 2 saturated carbocycles. The van der Waals surface area contributed by atoms with Crippen molar-refractivity contribution in [1.82, 2.24) is 0 Å². The van der Waals surface area contributed by atoms with Crippen molar-refractivity contribution in [3.8, 4) is 0 Å². The molecule has 122 valence electrons. The van der Waals surface area contributed by atoms with Gasteiger partial charge < -0.3 is 9.47 Å². The van der Waals surface area contributed by atoms with Gasteiger partial charge in [-0.05, 0) is 50.0 Å². The highest BCUT2D eigenvalue weighted by Gasteiger charge is 2.57. The molecule has 0 aromatic heterocycles. The lowest BCUT2D eigenvalue weighted by Gasteiger charge is -2.56. The molecule has 0 unspecified atom stereocenters. The van der Waals surface area contributed by atoms with Gasteiger partial charge in [-0.25, -0.2) is 4.79 Å². The number of carbonyl (C=O) groups is 2. The standard InChI is InChI=1S/C18H26O4/c1-13-6-5-10-17(3)11-9-15(7-8-16(20)21-4)12-18(13,17)22-14(2)19/h7-8,15H,1,5-6,9-12H2,2-4H3/b8-7+/t15-,17-,18+/m1/s1. The monoisotopic (exact) mass is 306 g/mol. The molecular formula is C18H26O4. The highest BCUT2D eigenvalue weighted by atomic mass is 16.6. The number of esters is 2. The maximum absolute atomic E-state index is 11.7. The fraction of sp³-hybridized carbons (Fsp3) is 0.667. The Morgan fingerprint density at radius 1 is 1.36 bits per heavy atom. The lowest BCUT2D eigenvalue weighted by atomic mass is 9.54. The number of methoxy groups -OCH3 is 1. The van der Waals surface area contributed by atoms with E-state index in [1.54, 1.807) is 0 Å².